The van der Waals surface area contributed by atoms with Crippen molar-refractivity contribution >= 4 is 6.03 Å². The van der Waals surface area contributed by atoms with Crippen molar-refractivity contribution in [1.82, 2.24) is 15.5 Å². The molecule has 0 spiro atoms. The molecule has 1 aliphatic heterocycles. The summed E-state index contributed by atoms with van der Waals surface area (Å²) in [6.45, 7) is 7.55. The number of benzene rings is 1. The molecule has 24 heavy (non-hydrogen) atoms. The zero-order valence-electron chi connectivity index (χ0n) is 14.3. The van der Waals surface area contributed by atoms with Gasteiger partial charge in [0.25, 0.3) is 0 Å². The van der Waals surface area contributed by atoms with Gasteiger partial charge in [0.2, 0.25) is 0 Å². The molecule has 1 aromatic carbocycles. The Balaban J connectivity index is 1.76. The van der Waals surface area contributed by atoms with E-state index in [1.807, 2.05) is 6.07 Å². The van der Waals surface area contributed by atoms with E-state index in [4.69, 9.17) is 5.26 Å². The average Bonchev–Trinajstić information content (AvgIpc) is 2.55. The van der Waals surface area contributed by atoms with Crippen LogP contribution in [0, 0.1) is 23.1 Å². The van der Waals surface area contributed by atoms with Gasteiger partial charge in [-0.3, -0.25) is 0 Å². The van der Waals surface area contributed by atoms with E-state index in [0.29, 0.717) is 17.0 Å². The van der Waals surface area contributed by atoms with Crippen LogP contribution < -0.4 is 10.6 Å². The molecule has 0 aliphatic carbocycles. The van der Waals surface area contributed by atoms with E-state index in [0.717, 1.165) is 32.5 Å². The molecule has 0 unspecified atom stereocenters. The molecule has 0 bridgehead atoms. The van der Waals surface area contributed by atoms with E-state index in [1.54, 1.807) is 0 Å². The van der Waals surface area contributed by atoms with Gasteiger partial charge in [-0.25, -0.2) is 9.18 Å². The second-order valence-electron chi connectivity index (χ2n) is 6.71. The maximum Gasteiger partial charge on any atom is 0.315 e. The summed E-state index contributed by atoms with van der Waals surface area (Å²) in [5.74, 6) is 0.230. The summed E-state index contributed by atoms with van der Waals surface area (Å²) >= 11 is 0. The minimum atomic E-state index is -0.420. The van der Waals surface area contributed by atoms with Gasteiger partial charge in [0.05, 0.1) is 11.6 Å². The van der Waals surface area contributed by atoms with Crippen molar-refractivity contribution in [1.29, 1.82) is 5.26 Å². The van der Waals surface area contributed by atoms with Gasteiger partial charge in [0.1, 0.15) is 5.82 Å². The Kier molecular flexibility index (Phi) is 6.56. The first-order valence-electron chi connectivity index (χ1n) is 8.43. The zero-order valence-corrected chi connectivity index (χ0v) is 14.3. The van der Waals surface area contributed by atoms with E-state index < -0.39 is 5.82 Å². The highest BCUT2D eigenvalue weighted by molar-refractivity contribution is 5.74. The number of nitrogens with zero attached hydrogens (tertiary/aromatic N) is 2. The Morgan fingerprint density at radius 3 is 2.75 bits per heavy atom. The fourth-order valence-electron chi connectivity index (χ4n) is 2.97. The number of nitriles is 1. The number of urea groups is 1. The lowest BCUT2D eigenvalue weighted by atomic mass is 10.0. The molecule has 1 saturated heterocycles. The van der Waals surface area contributed by atoms with Crippen molar-refractivity contribution in [3.8, 4) is 6.07 Å². The quantitative estimate of drug-likeness (QED) is 0.871. The van der Waals surface area contributed by atoms with E-state index >= 15 is 0 Å². The SMILES string of the molecule is CC(C)CN1CCC(NC(=O)NCc2cc(C#N)ccc2F)CC1. The van der Waals surface area contributed by atoms with Crippen LogP contribution in [-0.2, 0) is 6.54 Å². The molecule has 1 heterocycles. The Morgan fingerprint density at radius 1 is 1.42 bits per heavy atom. The number of rotatable bonds is 5. The molecule has 1 aliphatic rings. The number of carbonyl (C=O) groups is 1. The predicted molar refractivity (Wildman–Crippen MR) is 90.8 cm³/mol. The lowest BCUT2D eigenvalue weighted by Crippen LogP contribution is -2.48. The monoisotopic (exact) mass is 332 g/mol. The standard InChI is InChI=1S/C18H25FN4O/c1-13(2)12-23-7-5-16(6-8-23)22-18(24)21-11-15-9-14(10-20)3-4-17(15)19/h3-4,9,13,16H,5-8,11-12H2,1-2H3,(H2,21,22,24). The topological polar surface area (TPSA) is 68.2 Å². The van der Waals surface area contributed by atoms with E-state index in [9.17, 15) is 9.18 Å². The lowest BCUT2D eigenvalue weighted by molar-refractivity contribution is 0.178. The van der Waals surface area contributed by atoms with Crippen LogP contribution in [0.4, 0.5) is 9.18 Å². The predicted octanol–water partition coefficient (Wildman–Crippen LogP) is 2.62. The summed E-state index contributed by atoms with van der Waals surface area (Å²) in [6.07, 6.45) is 1.86. The van der Waals surface area contributed by atoms with Crippen molar-refractivity contribution < 1.29 is 9.18 Å². The number of nitrogens with one attached hydrogen (secondary N) is 2. The first kappa shape index (κ1) is 18.2. The van der Waals surface area contributed by atoms with Gasteiger partial charge in [-0.2, -0.15) is 5.26 Å². The maximum absolute atomic E-state index is 13.7. The number of likely N-dealkylation sites (tertiary alicyclic amines) is 1. The summed E-state index contributed by atoms with van der Waals surface area (Å²) in [5, 5.41) is 14.5. The van der Waals surface area contributed by atoms with Crippen LogP contribution in [-0.4, -0.2) is 36.6 Å². The summed E-state index contributed by atoms with van der Waals surface area (Å²) in [4.78, 5) is 14.4. The third-order valence-electron chi connectivity index (χ3n) is 4.16. The molecule has 2 amide bonds. The Hall–Kier alpha value is -2.13. The fourth-order valence-corrected chi connectivity index (χ4v) is 2.97. The molecule has 5 nitrogen and oxygen atoms in total. The largest absolute Gasteiger partial charge is 0.335 e. The fraction of sp³-hybridized carbons (Fsp3) is 0.556. The van der Waals surface area contributed by atoms with Gasteiger partial charge in [-0.15, -0.1) is 0 Å². The van der Waals surface area contributed by atoms with Crippen LogP contribution in [0.5, 0.6) is 0 Å². The van der Waals surface area contributed by atoms with Crippen molar-refractivity contribution in [2.75, 3.05) is 19.6 Å². The molecule has 0 radical (unpaired) electrons. The summed E-state index contributed by atoms with van der Waals surface area (Å²) in [6, 6.07) is 5.96. The molecule has 2 rings (SSSR count). The number of hydrogen-bond acceptors (Lipinski definition) is 3. The van der Waals surface area contributed by atoms with Crippen molar-refractivity contribution in [2.24, 2.45) is 5.92 Å². The van der Waals surface area contributed by atoms with Gasteiger partial charge in [-0.05, 0) is 37.0 Å². The highest BCUT2D eigenvalue weighted by atomic mass is 19.1. The molecular formula is C18H25FN4O. The van der Waals surface area contributed by atoms with Crippen LogP contribution in [0.25, 0.3) is 0 Å². The number of amides is 2. The minimum absolute atomic E-state index is 0.0688. The Labute approximate surface area is 142 Å². The smallest absolute Gasteiger partial charge is 0.315 e. The minimum Gasteiger partial charge on any atom is -0.335 e. The van der Waals surface area contributed by atoms with Crippen LogP contribution in [0.15, 0.2) is 18.2 Å². The third kappa shape index (κ3) is 5.50. The average molecular weight is 332 g/mol. The number of halogens is 1. The van der Waals surface area contributed by atoms with E-state index in [2.05, 4.69) is 29.4 Å². The van der Waals surface area contributed by atoms with Gasteiger partial charge >= 0.3 is 6.03 Å². The number of piperidine rings is 1. The molecule has 2 N–H and O–H groups in total. The van der Waals surface area contributed by atoms with Gasteiger partial charge in [0.15, 0.2) is 0 Å². The third-order valence-corrected chi connectivity index (χ3v) is 4.16. The second kappa shape index (κ2) is 8.65. The Bertz CT molecular complexity index is 604. The molecule has 130 valence electrons. The molecule has 1 fully saturated rings. The summed E-state index contributed by atoms with van der Waals surface area (Å²) in [7, 11) is 0. The van der Waals surface area contributed by atoms with E-state index in [1.165, 1.54) is 18.2 Å². The van der Waals surface area contributed by atoms with Gasteiger partial charge in [-0.1, -0.05) is 13.8 Å². The second-order valence-corrected chi connectivity index (χ2v) is 6.71. The van der Waals surface area contributed by atoms with Crippen molar-refractivity contribution in [3.05, 3.63) is 35.1 Å². The number of carbonyl (C=O) groups excluding carboxylic acids is 1. The maximum atomic E-state index is 13.7. The van der Waals surface area contributed by atoms with Crippen LogP contribution in [0.3, 0.4) is 0 Å². The number of hydrogen-bond donors (Lipinski definition) is 2. The lowest BCUT2D eigenvalue weighted by Gasteiger charge is -2.33. The molecule has 0 atom stereocenters. The highest BCUT2D eigenvalue weighted by Gasteiger charge is 2.21. The summed E-state index contributed by atoms with van der Waals surface area (Å²) < 4.78 is 13.7. The first-order valence-corrected chi connectivity index (χ1v) is 8.43. The first-order chi connectivity index (χ1) is 11.5. The molecule has 0 saturated carbocycles. The summed E-state index contributed by atoms with van der Waals surface area (Å²) in [5.41, 5.74) is 0.696. The van der Waals surface area contributed by atoms with Crippen LogP contribution in [0.2, 0.25) is 0 Å². The highest BCUT2D eigenvalue weighted by Crippen LogP contribution is 2.12. The molecule has 0 aromatic heterocycles. The molecular weight excluding hydrogens is 307 g/mol. The van der Waals surface area contributed by atoms with Crippen LogP contribution >= 0.6 is 0 Å². The molecule has 1 aromatic rings. The van der Waals surface area contributed by atoms with Crippen molar-refractivity contribution in [3.63, 3.8) is 0 Å². The van der Waals surface area contributed by atoms with Crippen LogP contribution in [0.1, 0.15) is 37.8 Å². The Morgan fingerprint density at radius 2 is 2.12 bits per heavy atom. The zero-order chi connectivity index (χ0) is 17.5. The van der Waals surface area contributed by atoms with Crippen molar-refractivity contribution in [2.45, 2.75) is 39.3 Å². The normalized spacial score (nSPS) is 16.0. The van der Waals surface area contributed by atoms with Gasteiger partial charge in [0, 0.05) is 37.8 Å². The van der Waals surface area contributed by atoms with E-state index in [-0.39, 0.29) is 18.6 Å². The van der Waals surface area contributed by atoms with Gasteiger partial charge < -0.3 is 15.5 Å². The molecule has 6 heteroatoms.